The van der Waals surface area contributed by atoms with Crippen LogP contribution in [0.3, 0.4) is 0 Å². The summed E-state index contributed by atoms with van der Waals surface area (Å²) in [7, 11) is 0. The molecule has 0 bridgehead atoms. The van der Waals surface area contributed by atoms with E-state index in [1.54, 1.807) is 12.1 Å². The van der Waals surface area contributed by atoms with Crippen LogP contribution in [0.4, 0.5) is 10.5 Å². The van der Waals surface area contributed by atoms with Crippen LogP contribution in [-0.2, 0) is 4.79 Å². The summed E-state index contributed by atoms with van der Waals surface area (Å²) in [6.45, 7) is 3.70. The van der Waals surface area contributed by atoms with E-state index in [2.05, 4.69) is 10.6 Å². The molecule has 0 saturated carbocycles. The van der Waals surface area contributed by atoms with Crippen molar-refractivity contribution in [3.63, 3.8) is 0 Å². The summed E-state index contributed by atoms with van der Waals surface area (Å²) in [5, 5.41) is 22.3. The van der Waals surface area contributed by atoms with Crippen molar-refractivity contribution in [1.82, 2.24) is 5.32 Å². The van der Waals surface area contributed by atoms with E-state index < -0.39 is 12.0 Å². The predicted molar refractivity (Wildman–Crippen MR) is 76.2 cm³/mol. The maximum atomic E-state index is 11.7. The third-order valence-electron chi connectivity index (χ3n) is 2.34. The second-order valence-corrected chi connectivity index (χ2v) is 4.51. The number of hydrogen-bond acceptors (Lipinski definition) is 4. The lowest BCUT2D eigenvalue weighted by Crippen LogP contribution is -2.30. The molecule has 0 aromatic heterocycles. The fraction of sp³-hybridized carbons (Fsp3) is 0.357. The third kappa shape index (κ3) is 5.82. The Balaban J connectivity index is 2.77. The summed E-state index contributed by atoms with van der Waals surface area (Å²) in [5.74, 6) is -0.553. The maximum absolute atomic E-state index is 11.7. The number of carbonyl (C=O) groups excluding carboxylic acids is 1. The van der Waals surface area contributed by atoms with Gasteiger partial charge in [0.1, 0.15) is 5.75 Å². The smallest absolute Gasteiger partial charge is 0.319 e. The number of nitriles is 1. The highest BCUT2D eigenvalue weighted by molar-refractivity contribution is 5.91. The molecule has 0 unspecified atom stereocenters. The number of carbonyl (C=O) groups is 2. The highest BCUT2D eigenvalue weighted by Crippen LogP contribution is 2.26. The molecule has 0 fully saturated rings. The number of ether oxygens (including phenoxy) is 1. The van der Waals surface area contributed by atoms with Crippen LogP contribution in [0.25, 0.3) is 0 Å². The van der Waals surface area contributed by atoms with Crippen molar-refractivity contribution in [3.8, 4) is 11.8 Å². The first-order valence-electron chi connectivity index (χ1n) is 6.40. The monoisotopic (exact) mass is 291 g/mol. The van der Waals surface area contributed by atoms with Crippen LogP contribution in [0.2, 0.25) is 0 Å². The standard InChI is InChI=1S/C14H17N3O4/c1-9(2)21-12-4-3-10(8-15)7-11(12)17-14(20)16-6-5-13(18)19/h3-4,7,9H,5-6H2,1-2H3,(H,18,19)(H2,16,17,20). The van der Waals surface area contributed by atoms with Gasteiger partial charge in [0.2, 0.25) is 0 Å². The van der Waals surface area contributed by atoms with Gasteiger partial charge in [0.25, 0.3) is 0 Å². The molecule has 1 rings (SSSR count). The lowest BCUT2D eigenvalue weighted by atomic mass is 10.2. The molecular weight excluding hydrogens is 274 g/mol. The van der Waals surface area contributed by atoms with Gasteiger partial charge in [-0.25, -0.2) is 4.79 Å². The van der Waals surface area contributed by atoms with Crippen molar-refractivity contribution in [2.24, 2.45) is 0 Å². The number of carboxylic acid groups (broad SMARTS) is 1. The Morgan fingerprint density at radius 1 is 1.43 bits per heavy atom. The van der Waals surface area contributed by atoms with Gasteiger partial charge in [-0.15, -0.1) is 0 Å². The van der Waals surface area contributed by atoms with Gasteiger partial charge in [0.05, 0.1) is 29.8 Å². The highest BCUT2D eigenvalue weighted by Gasteiger charge is 2.10. The quantitative estimate of drug-likeness (QED) is 0.741. The minimum atomic E-state index is -0.995. The summed E-state index contributed by atoms with van der Waals surface area (Å²) in [5.41, 5.74) is 0.738. The summed E-state index contributed by atoms with van der Waals surface area (Å²) < 4.78 is 5.54. The van der Waals surface area contributed by atoms with Crippen molar-refractivity contribution < 1.29 is 19.4 Å². The number of anilines is 1. The average Bonchev–Trinajstić information content (AvgIpc) is 2.39. The Hall–Kier alpha value is -2.75. The summed E-state index contributed by atoms with van der Waals surface area (Å²) in [6, 6.07) is 6.10. The van der Waals surface area contributed by atoms with Gasteiger partial charge in [-0.05, 0) is 32.0 Å². The first-order valence-corrected chi connectivity index (χ1v) is 6.40. The zero-order valence-electron chi connectivity index (χ0n) is 11.8. The Labute approximate surface area is 122 Å². The Morgan fingerprint density at radius 2 is 2.14 bits per heavy atom. The molecule has 7 nitrogen and oxygen atoms in total. The number of aliphatic carboxylic acids is 1. The lowest BCUT2D eigenvalue weighted by Gasteiger charge is -2.15. The van der Waals surface area contributed by atoms with Gasteiger partial charge >= 0.3 is 12.0 Å². The maximum Gasteiger partial charge on any atom is 0.319 e. The minimum absolute atomic E-state index is 0.0134. The van der Waals surface area contributed by atoms with Crippen molar-refractivity contribution in [3.05, 3.63) is 23.8 Å². The van der Waals surface area contributed by atoms with Gasteiger partial charge in [-0.2, -0.15) is 5.26 Å². The molecule has 7 heteroatoms. The number of hydrogen-bond donors (Lipinski definition) is 3. The van der Waals surface area contributed by atoms with Gasteiger partial charge in [-0.3, -0.25) is 4.79 Å². The lowest BCUT2D eigenvalue weighted by molar-refractivity contribution is -0.136. The van der Waals surface area contributed by atoms with E-state index in [1.807, 2.05) is 19.9 Å². The van der Waals surface area contributed by atoms with Gasteiger partial charge in [0.15, 0.2) is 0 Å². The fourth-order valence-electron chi connectivity index (χ4n) is 1.50. The number of nitrogens with one attached hydrogen (secondary N) is 2. The van der Waals surface area contributed by atoms with E-state index in [0.29, 0.717) is 17.0 Å². The first-order chi connectivity index (χ1) is 9.92. The van der Waals surface area contributed by atoms with Crippen molar-refractivity contribution in [2.75, 3.05) is 11.9 Å². The molecule has 0 radical (unpaired) electrons. The van der Waals surface area contributed by atoms with Crippen LogP contribution >= 0.6 is 0 Å². The van der Waals surface area contributed by atoms with Crippen molar-refractivity contribution in [2.45, 2.75) is 26.4 Å². The SMILES string of the molecule is CC(C)Oc1ccc(C#N)cc1NC(=O)NCCC(=O)O. The second kappa shape index (κ2) is 7.75. The molecule has 0 heterocycles. The first kappa shape index (κ1) is 16.3. The van der Waals surface area contributed by atoms with Crippen LogP contribution in [0.1, 0.15) is 25.8 Å². The number of carboxylic acids is 1. The van der Waals surface area contributed by atoms with Crippen LogP contribution in [0, 0.1) is 11.3 Å². The average molecular weight is 291 g/mol. The highest BCUT2D eigenvalue weighted by atomic mass is 16.5. The van der Waals surface area contributed by atoms with Crippen LogP contribution in [-0.4, -0.2) is 29.8 Å². The molecular formula is C14H17N3O4. The van der Waals surface area contributed by atoms with Gasteiger partial charge < -0.3 is 20.5 Å². The van der Waals surface area contributed by atoms with Gasteiger partial charge in [-0.1, -0.05) is 0 Å². The molecule has 3 N–H and O–H groups in total. The summed E-state index contributed by atoms with van der Waals surface area (Å²) >= 11 is 0. The van der Waals surface area contributed by atoms with E-state index in [-0.39, 0.29) is 19.1 Å². The van der Waals surface area contributed by atoms with Crippen molar-refractivity contribution >= 4 is 17.7 Å². The molecule has 2 amide bonds. The summed E-state index contributed by atoms with van der Waals surface area (Å²) in [4.78, 5) is 22.0. The number of rotatable bonds is 6. The van der Waals surface area contributed by atoms with E-state index in [0.717, 1.165) is 0 Å². The molecule has 21 heavy (non-hydrogen) atoms. The van der Waals surface area contributed by atoms with Crippen LogP contribution in [0.15, 0.2) is 18.2 Å². The number of urea groups is 1. The normalized spacial score (nSPS) is 9.81. The minimum Gasteiger partial charge on any atom is -0.489 e. The Kier molecular flexibility index (Phi) is 6.01. The largest absolute Gasteiger partial charge is 0.489 e. The molecule has 0 aliphatic heterocycles. The number of benzene rings is 1. The van der Waals surface area contributed by atoms with E-state index in [9.17, 15) is 9.59 Å². The molecule has 0 atom stereocenters. The van der Waals surface area contributed by atoms with Crippen LogP contribution in [0.5, 0.6) is 5.75 Å². The number of amides is 2. The van der Waals surface area contributed by atoms with E-state index in [1.165, 1.54) is 6.07 Å². The molecule has 1 aromatic rings. The summed E-state index contributed by atoms with van der Waals surface area (Å²) in [6.07, 6.45) is -0.255. The topological polar surface area (TPSA) is 111 Å². The molecule has 0 saturated heterocycles. The second-order valence-electron chi connectivity index (χ2n) is 4.51. The van der Waals surface area contributed by atoms with Crippen molar-refractivity contribution in [1.29, 1.82) is 5.26 Å². The fourth-order valence-corrected chi connectivity index (χ4v) is 1.50. The molecule has 1 aromatic carbocycles. The molecule has 0 aliphatic rings. The van der Waals surface area contributed by atoms with E-state index in [4.69, 9.17) is 15.1 Å². The third-order valence-corrected chi connectivity index (χ3v) is 2.34. The molecule has 0 spiro atoms. The molecule has 0 aliphatic carbocycles. The zero-order valence-corrected chi connectivity index (χ0v) is 11.8. The Morgan fingerprint density at radius 3 is 2.71 bits per heavy atom. The number of nitrogens with zero attached hydrogens (tertiary/aromatic N) is 1. The predicted octanol–water partition coefficient (Wildman–Crippen LogP) is 1.94. The zero-order chi connectivity index (χ0) is 15.8. The molecule has 112 valence electrons. The van der Waals surface area contributed by atoms with Crippen LogP contribution < -0.4 is 15.4 Å². The van der Waals surface area contributed by atoms with E-state index >= 15 is 0 Å². The Bertz CT molecular complexity index is 564. The van der Waals surface area contributed by atoms with Gasteiger partial charge in [0, 0.05) is 6.54 Å².